The van der Waals surface area contributed by atoms with Gasteiger partial charge in [0.05, 0.1) is 11.6 Å². The Morgan fingerprint density at radius 1 is 1.47 bits per heavy atom. The highest BCUT2D eigenvalue weighted by atomic mass is 35.5. The highest BCUT2D eigenvalue weighted by Gasteiger charge is 2.18. The van der Waals surface area contributed by atoms with E-state index in [1.54, 1.807) is 24.3 Å². The van der Waals surface area contributed by atoms with Crippen LogP contribution in [0.1, 0.15) is 6.92 Å². The first-order valence-corrected chi connectivity index (χ1v) is 5.96. The Bertz CT molecular complexity index is 467. The van der Waals surface area contributed by atoms with Crippen molar-refractivity contribution in [3.63, 3.8) is 0 Å². The number of ether oxygens (including phenoxy) is 1. The Morgan fingerprint density at radius 3 is 2.68 bits per heavy atom. The molecular weight excluding hydrogens is 272 g/mol. The minimum Gasteiger partial charge on any atom is -0.479 e. The molecular formula is C12H15ClN2O4. The lowest BCUT2D eigenvalue weighted by Gasteiger charge is -2.16. The lowest BCUT2D eigenvalue weighted by molar-refractivity contribution is -0.129. The second-order valence-electron chi connectivity index (χ2n) is 3.85. The van der Waals surface area contributed by atoms with Crippen LogP contribution in [0, 0.1) is 0 Å². The number of aliphatic hydroxyl groups is 1. The molecule has 1 aromatic carbocycles. The van der Waals surface area contributed by atoms with Crippen molar-refractivity contribution in [1.29, 1.82) is 0 Å². The molecule has 0 aliphatic carbocycles. The number of hydrogen-bond acceptors (Lipinski definition) is 4. The normalized spacial score (nSPS) is 13.4. The number of nitrogens with two attached hydrogens (primary N) is 1. The number of halogens is 1. The van der Waals surface area contributed by atoms with Gasteiger partial charge >= 0.3 is 0 Å². The predicted octanol–water partition coefficient (Wildman–Crippen LogP) is 0.0697. The topological polar surface area (TPSA) is 102 Å². The fourth-order valence-corrected chi connectivity index (χ4v) is 1.41. The molecule has 0 saturated carbocycles. The molecule has 0 fully saturated rings. The molecule has 7 heteroatoms. The minimum absolute atomic E-state index is 0.260. The van der Waals surface area contributed by atoms with Crippen LogP contribution in [0.25, 0.3) is 0 Å². The van der Waals surface area contributed by atoms with Gasteiger partial charge in [0.15, 0.2) is 6.10 Å². The fraction of sp³-hybridized carbons (Fsp3) is 0.333. The van der Waals surface area contributed by atoms with Gasteiger partial charge in [0, 0.05) is 0 Å². The number of para-hydroxylation sites is 1. The maximum atomic E-state index is 11.6. The lowest BCUT2D eigenvalue weighted by Crippen LogP contribution is -2.44. The molecule has 0 saturated heterocycles. The summed E-state index contributed by atoms with van der Waals surface area (Å²) in [6.45, 7) is 1.26. The van der Waals surface area contributed by atoms with Gasteiger partial charge < -0.3 is 20.9 Å². The number of aliphatic hydroxyl groups excluding tert-OH is 1. The van der Waals surface area contributed by atoms with E-state index in [0.717, 1.165) is 0 Å². The molecule has 0 aromatic heterocycles. The zero-order valence-corrected chi connectivity index (χ0v) is 11.1. The monoisotopic (exact) mass is 286 g/mol. The summed E-state index contributed by atoms with van der Waals surface area (Å²) in [6.07, 6.45) is -2.24. The zero-order chi connectivity index (χ0) is 14.4. The molecule has 104 valence electrons. The van der Waals surface area contributed by atoms with Crippen LogP contribution >= 0.6 is 11.6 Å². The summed E-state index contributed by atoms with van der Waals surface area (Å²) in [6, 6.07) is 6.73. The maximum absolute atomic E-state index is 11.6. The lowest BCUT2D eigenvalue weighted by atomic mass is 10.3. The van der Waals surface area contributed by atoms with E-state index in [0.29, 0.717) is 10.8 Å². The van der Waals surface area contributed by atoms with Gasteiger partial charge in [-0.25, -0.2) is 0 Å². The molecule has 2 atom stereocenters. The van der Waals surface area contributed by atoms with Crippen LogP contribution in [0.15, 0.2) is 24.3 Å². The van der Waals surface area contributed by atoms with Gasteiger partial charge in [-0.05, 0) is 19.1 Å². The van der Waals surface area contributed by atoms with Crippen LogP contribution in [0.2, 0.25) is 5.02 Å². The predicted molar refractivity (Wildman–Crippen MR) is 69.8 cm³/mol. The SMILES string of the molecule is CC(Oc1ccccc1Cl)C(=O)NCC(O)C(N)=O. The Kier molecular flexibility index (Phi) is 5.59. The third kappa shape index (κ3) is 4.76. The average molecular weight is 287 g/mol. The van der Waals surface area contributed by atoms with E-state index in [9.17, 15) is 9.59 Å². The van der Waals surface area contributed by atoms with Gasteiger partial charge in [-0.15, -0.1) is 0 Å². The van der Waals surface area contributed by atoms with Crippen molar-refractivity contribution in [3.05, 3.63) is 29.3 Å². The van der Waals surface area contributed by atoms with Gasteiger partial charge in [0.1, 0.15) is 11.9 Å². The van der Waals surface area contributed by atoms with E-state index < -0.39 is 24.0 Å². The first-order valence-electron chi connectivity index (χ1n) is 5.58. The van der Waals surface area contributed by atoms with E-state index in [2.05, 4.69) is 5.32 Å². The molecule has 6 nitrogen and oxygen atoms in total. The largest absolute Gasteiger partial charge is 0.479 e. The Balaban J connectivity index is 2.50. The quantitative estimate of drug-likeness (QED) is 0.689. The molecule has 19 heavy (non-hydrogen) atoms. The van der Waals surface area contributed by atoms with Crippen molar-refractivity contribution >= 4 is 23.4 Å². The van der Waals surface area contributed by atoms with Crippen molar-refractivity contribution in [3.8, 4) is 5.75 Å². The molecule has 1 aromatic rings. The van der Waals surface area contributed by atoms with Crippen LogP contribution in [0.5, 0.6) is 5.75 Å². The number of carbonyl (C=O) groups is 2. The number of amides is 2. The van der Waals surface area contributed by atoms with E-state index in [1.165, 1.54) is 6.92 Å². The molecule has 0 bridgehead atoms. The van der Waals surface area contributed by atoms with Crippen molar-refractivity contribution in [1.82, 2.24) is 5.32 Å². The summed E-state index contributed by atoms with van der Waals surface area (Å²) in [5.74, 6) is -1.01. The smallest absolute Gasteiger partial charge is 0.260 e. The highest BCUT2D eigenvalue weighted by molar-refractivity contribution is 6.32. The second-order valence-corrected chi connectivity index (χ2v) is 4.26. The van der Waals surface area contributed by atoms with E-state index in [1.807, 2.05) is 0 Å². The molecule has 2 unspecified atom stereocenters. The molecule has 4 N–H and O–H groups in total. The highest BCUT2D eigenvalue weighted by Crippen LogP contribution is 2.24. The third-order valence-corrected chi connectivity index (χ3v) is 2.62. The van der Waals surface area contributed by atoms with E-state index >= 15 is 0 Å². The number of rotatable bonds is 6. The van der Waals surface area contributed by atoms with Crippen molar-refractivity contribution in [2.45, 2.75) is 19.1 Å². The summed E-state index contributed by atoms with van der Waals surface area (Å²) in [5.41, 5.74) is 4.85. The Hall–Kier alpha value is -1.79. The van der Waals surface area contributed by atoms with E-state index in [4.69, 9.17) is 27.2 Å². The number of hydrogen-bond donors (Lipinski definition) is 3. The molecule has 0 heterocycles. The first-order chi connectivity index (χ1) is 8.91. The molecule has 0 aliphatic heterocycles. The van der Waals surface area contributed by atoms with Crippen molar-refractivity contribution in [2.24, 2.45) is 5.73 Å². The van der Waals surface area contributed by atoms with Gasteiger partial charge in [-0.1, -0.05) is 23.7 Å². The standard InChI is InChI=1S/C12H15ClN2O4/c1-7(12(18)15-6-9(16)11(14)17)19-10-5-3-2-4-8(10)13/h2-5,7,9,16H,6H2,1H3,(H2,14,17)(H,15,18). The van der Waals surface area contributed by atoms with Gasteiger partial charge in [0.2, 0.25) is 5.91 Å². The molecule has 1 rings (SSSR count). The van der Waals surface area contributed by atoms with Crippen LogP contribution in [-0.4, -0.2) is 35.7 Å². The van der Waals surface area contributed by atoms with Crippen molar-refractivity contribution < 1.29 is 19.4 Å². The van der Waals surface area contributed by atoms with Crippen LogP contribution in [0.3, 0.4) is 0 Å². The third-order valence-electron chi connectivity index (χ3n) is 2.31. The minimum atomic E-state index is -1.42. The zero-order valence-electron chi connectivity index (χ0n) is 10.3. The maximum Gasteiger partial charge on any atom is 0.260 e. The van der Waals surface area contributed by atoms with Crippen molar-refractivity contribution in [2.75, 3.05) is 6.54 Å². The fourth-order valence-electron chi connectivity index (χ4n) is 1.23. The summed E-state index contributed by atoms with van der Waals surface area (Å²) < 4.78 is 5.36. The number of benzene rings is 1. The van der Waals surface area contributed by atoms with Crippen LogP contribution in [0.4, 0.5) is 0 Å². The molecule has 2 amide bonds. The summed E-state index contributed by atoms with van der Waals surface area (Å²) in [4.78, 5) is 22.2. The summed E-state index contributed by atoms with van der Waals surface area (Å²) in [7, 11) is 0. The first kappa shape index (κ1) is 15.3. The molecule has 0 spiro atoms. The van der Waals surface area contributed by atoms with Crippen LogP contribution < -0.4 is 15.8 Å². The Morgan fingerprint density at radius 2 is 2.11 bits per heavy atom. The number of carbonyl (C=O) groups excluding carboxylic acids is 2. The van der Waals surface area contributed by atoms with Crippen LogP contribution in [-0.2, 0) is 9.59 Å². The van der Waals surface area contributed by atoms with Gasteiger partial charge in [0.25, 0.3) is 5.91 Å². The second kappa shape index (κ2) is 6.96. The summed E-state index contributed by atoms with van der Waals surface area (Å²) >= 11 is 5.88. The average Bonchev–Trinajstić information content (AvgIpc) is 2.37. The molecule has 0 radical (unpaired) electrons. The number of nitrogens with one attached hydrogen (secondary N) is 1. The Labute approximate surface area is 115 Å². The van der Waals surface area contributed by atoms with E-state index in [-0.39, 0.29) is 6.54 Å². The van der Waals surface area contributed by atoms with Gasteiger partial charge in [-0.3, -0.25) is 9.59 Å². The molecule has 0 aliphatic rings. The van der Waals surface area contributed by atoms with Gasteiger partial charge in [-0.2, -0.15) is 0 Å². The summed E-state index contributed by atoms with van der Waals surface area (Å²) in [5, 5.41) is 11.9. The number of primary amides is 1.